The van der Waals surface area contributed by atoms with Crippen LogP contribution in [0, 0.1) is 23.2 Å². The summed E-state index contributed by atoms with van der Waals surface area (Å²) in [4.78, 5) is 24.6. The van der Waals surface area contributed by atoms with Crippen LogP contribution in [0.2, 0.25) is 0 Å². The summed E-state index contributed by atoms with van der Waals surface area (Å²) in [6.45, 7) is 11.4. The zero-order valence-corrected chi connectivity index (χ0v) is 23.7. The molecule has 0 aromatic heterocycles. The Balaban J connectivity index is 2.47. The third-order valence-electron chi connectivity index (χ3n) is 7.37. The summed E-state index contributed by atoms with van der Waals surface area (Å²) in [5.74, 6) is -1.96. The van der Waals surface area contributed by atoms with E-state index in [0.29, 0.717) is 24.2 Å². The number of carbonyl (C=O) groups excluding carboxylic acids is 1. The maximum Gasteiger partial charge on any atom is 0.313 e. The number of ether oxygens (including phenoxy) is 1. The Hall–Kier alpha value is -1.32. The van der Waals surface area contributed by atoms with Crippen LogP contribution in [0.4, 0.5) is 0 Å². The van der Waals surface area contributed by atoms with Gasteiger partial charge in [-0.3, -0.25) is 9.59 Å². The highest BCUT2D eigenvalue weighted by molar-refractivity contribution is 5.83. The molecule has 4 nitrogen and oxygen atoms in total. The van der Waals surface area contributed by atoms with Gasteiger partial charge in [-0.2, -0.15) is 0 Å². The molecule has 0 aliphatic heterocycles. The Morgan fingerprint density at radius 2 is 1.49 bits per heavy atom. The molecule has 4 unspecified atom stereocenters. The molecule has 35 heavy (non-hydrogen) atoms. The second-order valence-electron chi connectivity index (χ2n) is 12.3. The molecule has 0 saturated heterocycles. The number of carbonyl (C=O) groups is 2. The summed E-state index contributed by atoms with van der Waals surface area (Å²) in [5, 5.41) is 9.55. The molecular formula is C31H56O4. The Morgan fingerprint density at radius 1 is 0.914 bits per heavy atom. The molecule has 1 N–H and O–H groups in total. The topological polar surface area (TPSA) is 63.6 Å². The fourth-order valence-corrected chi connectivity index (χ4v) is 5.51. The van der Waals surface area contributed by atoms with Crippen LogP contribution < -0.4 is 0 Å². The smallest absolute Gasteiger partial charge is 0.313 e. The number of hydrogen-bond donors (Lipinski definition) is 1. The lowest BCUT2D eigenvalue weighted by atomic mass is 9.83. The van der Waals surface area contributed by atoms with Gasteiger partial charge in [-0.15, -0.1) is 0 Å². The van der Waals surface area contributed by atoms with E-state index in [1.807, 2.05) is 6.08 Å². The molecule has 0 saturated carbocycles. The van der Waals surface area contributed by atoms with Crippen molar-refractivity contribution in [3.8, 4) is 0 Å². The van der Waals surface area contributed by atoms with Gasteiger partial charge in [-0.25, -0.2) is 0 Å². The van der Waals surface area contributed by atoms with Crippen molar-refractivity contribution in [3.63, 3.8) is 0 Å². The maximum atomic E-state index is 13.0. The van der Waals surface area contributed by atoms with Crippen LogP contribution in [0.1, 0.15) is 144 Å². The van der Waals surface area contributed by atoms with Crippen LogP contribution >= 0.6 is 0 Å². The van der Waals surface area contributed by atoms with Gasteiger partial charge in [0.1, 0.15) is 6.10 Å². The molecule has 1 aliphatic carbocycles. The average Bonchev–Trinajstić information content (AvgIpc) is 2.79. The van der Waals surface area contributed by atoms with Gasteiger partial charge >= 0.3 is 11.9 Å². The summed E-state index contributed by atoms with van der Waals surface area (Å²) in [6.07, 6.45) is 23.1. The first-order valence-corrected chi connectivity index (χ1v) is 14.7. The second-order valence-corrected chi connectivity index (χ2v) is 12.3. The molecule has 4 atom stereocenters. The van der Waals surface area contributed by atoms with Crippen molar-refractivity contribution in [2.24, 2.45) is 23.2 Å². The first kappa shape index (κ1) is 31.7. The lowest BCUT2D eigenvalue weighted by Gasteiger charge is -2.27. The molecule has 0 fully saturated rings. The van der Waals surface area contributed by atoms with Gasteiger partial charge in [0.05, 0.1) is 11.8 Å². The largest absolute Gasteiger partial charge is 0.481 e. The highest BCUT2D eigenvalue weighted by Crippen LogP contribution is 2.30. The molecule has 4 heteroatoms. The first-order chi connectivity index (χ1) is 16.6. The molecular weight excluding hydrogens is 436 g/mol. The van der Waals surface area contributed by atoms with Crippen molar-refractivity contribution < 1.29 is 19.4 Å². The van der Waals surface area contributed by atoms with Gasteiger partial charge in [0.25, 0.3) is 0 Å². The van der Waals surface area contributed by atoms with Crippen LogP contribution in [-0.2, 0) is 14.3 Å². The monoisotopic (exact) mass is 492 g/mol. The van der Waals surface area contributed by atoms with Crippen molar-refractivity contribution in [1.29, 1.82) is 0 Å². The van der Waals surface area contributed by atoms with Gasteiger partial charge in [-0.05, 0) is 56.3 Å². The van der Waals surface area contributed by atoms with Gasteiger partial charge in [0, 0.05) is 0 Å². The first-order valence-electron chi connectivity index (χ1n) is 14.7. The van der Waals surface area contributed by atoms with E-state index in [0.717, 1.165) is 32.1 Å². The number of rotatable bonds is 19. The molecule has 0 bridgehead atoms. The Labute approximate surface area is 216 Å². The van der Waals surface area contributed by atoms with Crippen LogP contribution in [0.5, 0.6) is 0 Å². The molecule has 1 aliphatic rings. The summed E-state index contributed by atoms with van der Waals surface area (Å²) < 4.78 is 5.99. The van der Waals surface area contributed by atoms with E-state index in [9.17, 15) is 14.7 Å². The average molecular weight is 493 g/mol. The van der Waals surface area contributed by atoms with E-state index in [1.54, 1.807) is 6.08 Å². The Kier molecular flexibility index (Phi) is 16.3. The molecule has 0 amide bonds. The third-order valence-corrected chi connectivity index (χ3v) is 7.37. The van der Waals surface area contributed by atoms with Crippen LogP contribution in [0.25, 0.3) is 0 Å². The molecule has 0 radical (unpaired) electrons. The SMILES string of the molecule is CCCCCCCCCCCCCC(CCC(C)CC(C)(C)C)OC(=O)C1C=CCCC1C(=O)O. The van der Waals surface area contributed by atoms with Crippen LogP contribution in [-0.4, -0.2) is 23.1 Å². The molecule has 0 aromatic carbocycles. The predicted octanol–water partition coefficient (Wildman–Crippen LogP) is 9.12. The fourth-order valence-electron chi connectivity index (χ4n) is 5.51. The zero-order chi connectivity index (χ0) is 26.1. The molecule has 0 spiro atoms. The highest BCUT2D eigenvalue weighted by atomic mass is 16.5. The zero-order valence-electron chi connectivity index (χ0n) is 23.7. The maximum absolute atomic E-state index is 13.0. The number of carboxylic acid groups (broad SMARTS) is 1. The number of carboxylic acids is 1. The van der Waals surface area contributed by atoms with E-state index < -0.39 is 17.8 Å². The minimum absolute atomic E-state index is 0.103. The van der Waals surface area contributed by atoms with Crippen molar-refractivity contribution >= 4 is 11.9 Å². The van der Waals surface area contributed by atoms with E-state index in [2.05, 4.69) is 34.6 Å². The summed E-state index contributed by atoms with van der Waals surface area (Å²) >= 11 is 0. The summed E-state index contributed by atoms with van der Waals surface area (Å²) in [5.41, 5.74) is 0.295. The van der Waals surface area contributed by atoms with Crippen molar-refractivity contribution in [1.82, 2.24) is 0 Å². The number of allylic oxidation sites excluding steroid dienone is 1. The van der Waals surface area contributed by atoms with Gasteiger partial charge in [-0.1, -0.05) is 111 Å². The fraction of sp³-hybridized carbons (Fsp3) is 0.871. The molecule has 1 rings (SSSR count). The number of unbranched alkanes of at least 4 members (excludes halogenated alkanes) is 10. The Bertz CT molecular complexity index is 604. The summed E-state index contributed by atoms with van der Waals surface area (Å²) in [7, 11) is 0. The highest BCUT2D eigenvalue weighted by Gasteiger charge is 2.35. The Morgan fingerprint density at radius 3 is 2.03 bits per heavy atom. The van der Waals surface area contributed by atoms with E-state index in [-0.39, 0.29) is 12.1 Å². The molecule has 204 valence electrons. The minimum atomic E-state index is -0.892. The molecule has 0 heterocycles. The van der Waals surface area contributed by atoms with Crippen LogP contribution in [0.3, 0.4) is 0 Å². The van der Waals surface area contributed by atoms with Gasteiger partial charge in [0.2, 0.25) is 0 Å². The predicted molar refractivity (Wildman–Crippen MR) is 146 cm³/mol. The number of aliphatic carboxylic acids is 1. The van der Waals surface area contributed by atoms with Crippen molar-refractivity contribution in [2.45, 2.75) is 150 Å². The van der Waals surface area contributed by atoms with E-state index in [1.165, 1.54) is 64.2 Å². The third kappa shape index (κ3) is 15.4. The van der Waals surface area contributed by atoms with Crippen molar-refractivity contribution in [2.75, 3.05) is 0 Å². The lowest BCUT2D eigenvalue weighted by Crippen LogP contribution is -2.34. The number of esters is 1. The van der Waals surface area contributed by atoms with Crippen LogP contribution in [0.15, 0.2) is 12.2 Å². The minimum Gasteiger partial charge on any atom is -0.481 e. The van der Waals surface area contributed by atoms with Gasteiger partial charge in [0.15, 0.2) is 0 Å². The number of hydrogen-bond acceptors (Lipinski definition) is 3. The quantitative estimate of drug-likeness (QED) is 0.111. The van der Waals surface area contributed by atoms with E-state index >= 15 is 0 Å². The van der Waals surface area contributed by atoms with E-state index in [4.69, 9.17) is 4.74 Å². The summed E-state index contributed by atoms with van der Waals surface area (Å²) in [6, 6.07) is 0. The standard InChI is InChI=1S/C31H56O4/c1-6-7-8-9-10-11-12-13-14-15-16-19-26(23-22-25(2)24-31(3,4)5)35-30(34)28-21-18-17-20-27(28)29(32)33/h18,21,25-28H,6-17,19-20,22-24H2,1-5H3,(H,32,33). The van der Waals surface area contributed by atoms with Gasteiger partial charge < -0.3 is 9.84 Å². The van der Waals surface area contributed by atoms with Crippen molar-refractivity contribution in [3.05, 3.63) is 12.2 Å². The molecule has 0 aromatic rings. The normalized spacial score (nSPS) is 19.9. The second kappa shape index (κ2) is 18.0. The lowest BCUT2D eigenvalue weighted by molar-refractivity contribution is -0.160.